The molecule has 6 nitrogen and oxygen atoms in total. The molecule has 0 bridgehead atoms. The first-order valence-electron chi connectivity index (χ1n) is 6.29. The van der Waals surface area contributed by atoms with Crippen molar-refractivity contribution in [3.63, 3.8) is 0 Å². The van der Waals surface area contributed by atoms with E-state index in [0.717, 1.165) is 11.8 Å². The summed E-state index contributed by atoms with van der Waals surface area (Å²) in [6, 6.07) is 3.74. The van der Waals surface area contributed by atoms with Crippen molar-refractivity contribution in [3.05, 3.63) is 35.5 Å². The monoisotopic (exact) mass is 313 g/mol. The molecule has 0 radical (unpaired) electrons. The van der Waals surface area contributed by atoms with Crippen LogP contribution in [0.4, 0.5) is 4.39 Å². The van der Waals surface area contributed by atoms with Gasteiger partial charge in [0.25, 0.3) is 0 Å². The molecule has 1 aromatic heterocycles. The molecule has 0 aliphatic heterocycles. The lowest BCUT2D eigenvalue weighted by Gasteiger charge is -2.04. The molecule has 1 heterocycles. The molecular formula is C13H16FN3O3S. The summed E-state index contributed by atoms with van der Waals surface area (Å²) in [5, 5.41) is 3.75. The molecule has 2 rings (SSSR count). The highest BCUT2D eigenvalue weighted by atomic mass is 32.2. The van der Waals surface area contributed by atoms with E-state index in [4.69, 9.17) is 10.3 Å². The summed E-state index contributed by atoms with van der Waals surface area (Å²) in [6.07, 6.45) is 1.32. The Morgan fingerprint density at radius 1 is 1.38 bits per heavy atom. The van der Waals surface area contributed by atoms with Gasteiger partial charge in [-0.1, -0.05) is 5.16 Å². The quantitative estimate of drug-likeness (QED) is 0.900. The Labute approximate surface area is 122 Å². The van der Waals surface area contributed by atoms with Crippen LogP contribution in [0, 0.1) is 12.7 Å². The van der Waals surface area contributed by atoms with Crippen LogP contribution in [0.3, 0.4) is 0 Å². The van der Waals surface area contributed by atoms with Crippen molar-refractivity contribution in [2.24, 2.45) is 5.73 Å². The largest absolute Gasteiger partial charge is 0.337 e. The zero-order valence-corrected chi connectivity index (χ0v) is 12.5. The summed E-state index contributed by atoms with van der Waals surface area (Å²) < 4.78 is 40.6. The molecule has 0 aliphatic carbocycles. The molecule has 0 fully saturated rings. The SMILES string of the molecule is Cc1cc(F)cc(-c2noc(C(N)CCS(C)(=O)=O)n2)c1. The molecule has 2 aromatic rings. The maximum atomic E-state index is 13.4. The predicted molar refractivity (Wildman–Crippen MR) is 75.7 cm³/mol. The third-order valence-electron chi connectivity index (χ3n) is 2.86. The Hall–Kier alpha value is -1.80. The van der Waals surface area contributed by atoms with Crippen LogP contribution in [0.15, 0.2) is 22.7 Å². The number of benzene rings is 1. The smallest absolute Gasteiger partial charge is 0.243 e. The van der Waals surface area contributed by atoms with E-state index in [2.05, 4.69) is 10.1 Å². The van der Waals surface area contributed by atoms with Gasteiger partial charge in [-0.05, 0) is 37.1 Å². The van der Waals surface area contributed by atoms with Crippen LogP contribution < -0.4 is 5.73 Å². The molecule has 114 valence electrons. The topological polar surface area (TPSA) is 99.1 Å². The number of aromatic nitrogens is 2. The van der Waals surface area contributed by atoms with Crippen LogP contribution in [0.1, 0.15) is 23.9 Å². The highest BCUT2D eigenvalue weighted by Crippen LogP contribution is 2.21. The maximum Gasteiger partial charge on any atom is 0.243 e. The number of aryl methyl sites for hydroxylation is 1. The van der Waals surface area contributed by atoms with E-state index < -0.39 is 21.7 Å². The second-order valence-corrected chi connectivity index (χ2v) is 7.26. The van der Waals surface area contributed by atoms with E-state index in [1.165, 1.54) is 12.1 Å². The molecule has 0 spiro atoms. The van der Waals surface area contributed by atoms with Crippen molar-refractivity contribution in [1.82, 2.24) is 10.1 Å². The molecule has 0 aliphatic rings. The normalized spacial score (nSPS) is 13.3. The molecule has 0 amide bonds. The van der Waals surface area contributed by atoms with Crippen molar-refractivity contribution < 1.29 is 17.3 Å². The van der Waals surface area contributed by atoms with Gasteiger partial charge in [-0.3, -0.25) is 0 Å². The van der Waals surface area contributed by atoms with E-state index in [1.54, 1.807) is 13.0 Å². The average Bonchev–Trinajstić information content (AvgIpc) is 2.83. The first-order valence-corrected chi connectivity index (χ1v) is 8.35. The fourth-order valence-corrected chi connectivity index (χ4v) is 2.52. The second kappa shape index (κ2) is 5.90. The van der Waals surface area contributed by atoms with Crippen LogP contribution in [-0.2, 0) is 9.84 Å². The van der Waals surface area contributed by atoms with Crippen molar-refractivity contribution in [2.45, 2.75) is 19.4 Å². The zero-order chi connectivity index (χ0) is 15.6. The molecular weight excluding hydrogens is 297 g/mol. The lowest BCUT2D eigenvalue weighted by molar-refractivity contribution is 0.352. The van der Waals surface area contributed by atoms with E-state index in [-0.39, 0.29) is 23.9 Å². The standard InChI is InChI=1S/C13H16FN3O3S/c1-8-5-9(7-10(14)6-8)12-16-13(20-17-12)11(15)3-4-21(2,18)19/h5-7,11H,3-4,15H2,1-2H3. The van der Waals surface area contributed by atoms with Crippen LogP contribution in [0.2, 0.25) is 0 Å². The van der Waals surface area contributed by atoms with Gasteiger partial charge in [-0.15, -0.1) is 0 Å². The molecule has 0 saturated carbocycles. The summed E-state index contributed by atoms with van der Waals surface area (Å²) in [6.45, 7) is 1.76. The van der Waals surface area contributed by atoms with E-state index in [9.17, 15) is 12.8 Å². The number of rotatable bonds is 5. The van der Waals surface area contributed by atoms with E-state index >= 15 is 0 Å². The van der Waals surface area contributed by atoms with E-state index in [1.807, 2.05) is 0 Å². The van der Waals surface area contributed by atoms with Gasteiger partial charge < -0.3 is 10.3 Å². The number of hydrogen-bond donors (Lipinski definition) is 1. The third-order valence-corrected chi connectivity index (χ3v) is 3.84. The van der Waals surface area contributed by atoms with Crippen molar-refractivity contribution in [3.8, 4) is 11.4 Å². The Kier molecular flexibility index (Phi) is 4.38. The zero-order valence-electron chi connectivity index (χ0n) is 11.7. The lowest BCUT2D eigenvalue weighted by Crippen LogP contribution is -2.16. The molecule has 21 heavy (non-hydrogen) atoms. The lowest BCUT2D eigenvalue weighted by atomic mass is 10.1. The van der Waals surface area contributed by atoms with Crippen molar-refractivity contribution >= 4 is 9.84 Å². The number of nitrogens with two attached hydrogens (primary N) is 1. The number of sulfone groups is 1. The summed E-state index contributed by atoms with van der Waals surface area (Å²) in [4.78, 5) is 4.10. The molecule has 8 heteroatoms. The van der Waals surface area contributed by atoms with E-state index in [0.29, 0.717) is 5.56 Å². The van der Waals surface area contributed by atoms with Gasteiger partial charge in [-0.25, -0.2) is 12.8 Å². The van der Waals surface area contributed by atoms with Gasteiger partial charge in [-0.2, -0.15) is 4.98 Å². The van der Waals surface area contributed by atoms with Gasteiger partial charge in [0.15, 0.2) is 0 Å². The average molecular weight is 313 g/mol. The molecule has 0 saturated heterocycles. The number of halogens is 1. The fraction of sp³-hybridized carbons (Fsp3) is 0.385. The van der Waals surface area contributed by atoms with Gasteiger partial charge in [0.1, 0.15) is 15.7 Å². The Balaban J connectivity index is 2.17. The minimum absolute atomic E-state index is 0.0645. The van der Waals surface area contributed by atoms with Crippen LogP contribution in [0.25, 0.3) is 11.4 Å². The van der Waals surface area contributed by atoms with Crippen LogP contribution in [-0.4, -0.2) is 30.6 Å². The van der Waals surface area contributed by atoms with Gasteiger partial charge in [0, 0.05) is 11.8 Å². The summed E-state index contributed by atoms with van der Waals surface area (Å²) in [5.74, 6) is -0.0963. The number of hydrogen-bond acceptors (Lipinski definition) is 6. The second-order valence-electron chi connectivity index (χ2n) is 5.00. The van der Waals surface area contributed by atoms with Gasteiger partial charge >= 0.3 is 0 Å². The maximum absolute atomic E-state index is 13.4. The molecule has 2 N–H and O–H groups in total. The first kappa shape index (κ1) is 15.6. The number of nitrogens with zero attached hydrogens (tertiary/aromatic N) is 2. The minimum atomic E-state index is -3.10. The van der Waals surface area contributed by atoms with Crippen LogP contribution >= 0.6 is 0 Å². The Morgan fingerprint density at radius 3 is 2.71 bits per heavy atom. The summed E-state index contributed by atoms with van der Waals surface area (Å²) in [5.41, 5.74) is 7.04. The summed E-state index contributed by atoms with van der Waals surface area (Å²) >= 11 is 0. The van der Waals surface area contributed by atoms with Gasteiger partial charge in [0.05, 0.1) is 11.8 Å². The highest BCUT2D eigenvalue weighted by molar-refractivity contribution is 7.90. The third kappa shape index (κ3) is 4.33. The van der Waals surface area contributed by atoms with Gasteiger partial charge in [0.2, 0.25) is 11.7 Å². The molecule has 1 atom stereocenters. The Morgan fingerprint density at radius 2 is 2.10 bits per heavy atom. The summed E-state index contributed by atoms with van der Waals surface area (Å²) in [7, 11) is -3.10. The van der Waals surface area contributed by atoms with Crippen molar-refractivity contribution in [2.75, 3.05) is 12.0 Å². The van der Waals surface area contributed by atoms with Crippen molar-refractivity contribution in [1.29, 1.82) is 0 Å². The molecule has 1 unspecified atom stereocenters. The predicted octanol–water partition coefficient (Wildman–Crippen LogP) is 1.62. The first-order chi connectivity index (χ1) is 9.74. The highest BCUT2D eigenvalue weighted by Gasteiger charge is 2.18. The fourth-order valence-electron chi connectivity index (χ4n) is 1.83. The van der Waals surface area contributed by atoms with Crippen LogP contribution in [0.5, 0.6) is 0 Å². The molecule has 1 aromatic carbocycles. The minimum Gasteiger partial charge on any atom is -0.337 e. The Bertz CT molecular complexity index is 723.